The Hall–Kier alpha value is -2.03. The molecule has 0 saturated carbocycles. The minimum Gasteiger partial charge on any atom is -0.610 e. The number of ketones is 1. The lowest BCUT2D eigenvalue weighted by atomic mass is 9.99. The van der Waals surface area contributed by atoms with Crippen molar-refractivity contribution in [2.75, 3.05) is 7.11 Å². The van der Waals surface area contributed by atoms with Gasteiger partial charge in [-0.15, -0.1) is 6.58 Å². The second-order valence-electron chi connectivity index (χ2n) is 4.09. The van der Waals surface area contributed by atoms with Crippen LogP contribution >= 0.6 is 0 Å². The number of benzene rings is 1. The molecule has 18 heavy (non-hydrogen) atoms. The smallest absolute Gasteiger partial charge is 0.351 e. The monoisotopic (exact) mass is 244 g/mol. The number of methoxy groups -OCH3 is 1. The second kappa shape index (κ2) is 5.54. The van der Waals surface area contributed by atoms with E-state index in [-0.39, 0.29) is 5.95 Å². The summed E-state index contributed by atoms with van der Waals surface area (Å²) in [6.07, 6.45) is 3.99. The van der Waals surface area contributed by atoms with Crippen LogP contribution in [-0.4, -0.2) is 12.9 Å². The summed E-state index contributed by atoms with van der Waals surface area (Å²) < 4.78 is 10.3. The van der Waals surface area contributed by atoms with Gasteiger partial charge in [0.05, 0.1) is 18.4 Å². The molecule has 1 aliphatic rings. The van der Waals surface area contributed by atoms with Gasteiger partial charge in [0.1, 0.15) is 0 Å². The summed E-state index contributed by atoms with van der Waals surface area (Å²) in [7, 11) is 1.36. The van der Waals surface area contributed by atoms with E-state index in [9.17, 15) is 5.11 Å². The summed E-state index contributed by atoms with van der Waals surface area (Å²) in [6, 6.07) is 8.01. The molecule has 0 amide bonds. The molecule has 3 nitrogen and oxygen atoms in total. The van der Waals surface area contributed by atoms with Crippen molar-refractivity contribution in [3.8, 4) is 0 Å². The molecular formula is C15H16O3. The van der Waals surface area contributed by atoms with Crippen LogP contribution < -0.4 is 5.11 Å². The predicted octanol–water partition coefficient (Wildman–Crippen LogP) is 2.10. The van der Waals surface area contributed by atoms with E-state index in [0.717, 1.165) is 29.8 Å². The first-order valence-corrected chi connectivity index (χ1v) is 5.93. The molecule has 1 aliphatic heterocycles. The van der Waals surface area contributed by atoms with Gasteiger partial charge in [-0.2, -0.15) is 0 Å². The molecule has 1 aromatic carbocycles. The van der Waals surface area contributed by atoms with Gasteiger partial charge in [-0.3, -0.25) is 0 Å². The van der Waals surface area contributed by atoms with E-state index in [1.165, 1.54) is 7.11 Å². The highest BCUT2D eigenvalue weighted by Crippen LogP contribution is 2.24. The van der Waals surface area contributed by atoms with Crippen LogP contribution in [0.3, 0.4) is 0 Å². The lowest BCUT2D eigenvalue weighted by Gasteiger charge is -2.03. The Balaban J connectivity index is 2.36. The van der Waals surface area contributed by atoms with E-state index < -0.39 is 0 Å². The highest BCUT2D eigenvalue weighted by molar-refractivity contribution is 5.99. The number of carbonyl (C=O) groups excluding carboxylic acids is 1. The van der Waals surface area contributed by atoms with Crippen molar-refractivity contribution in [1.82, 2.24) is 0 Å². The van der Waals surface area contributed by atoms with E-state index in [2.05, 4.69) is 11.3 Å². The zero-order valence-corrected chi connectivity index (χ0v) is 10.4. The molecule has 0 aromatic heterocycles. The summed E-state index contributed by atoms with van der Waals surface area (Å²) in [5.41, 5.74) is 2.21. The van der Waals surface area contributed by atoms with Crippen LogP contribution in [0.15, 0.2) is 48.6 Å². The van der Waals surface area contributed by atoms with Crippen LogP contribution in [0.5, 0.6) is 0 Å². The fourth-order valence-corrected chi connectivity index (χ4v) is 2.05. The molecule has 0 atom stereocenters. The Bertz CT molecular complexity index is 512. The fourth-order valence-electron chi connectivity index (χ4n) is 2.05. The molecule has 0 radical (unpaired) electrons. The maximum atomic E-state index is 11.4. The predicted molar refractivity (Wildman–Crippen MR) is 67.9 cm³/mol. The molecule has 1 heterocycles. The van der Waals surface area contributed by atoms with E-state index in [4.69, 9.17) is 4.42 Å². The van der Waals surface area contributed by atoms with Gasteiger partial charge >= 0.3 is 11.5 Å². The minimum atomic E-state index is -0.383. The first kappa shape index (κ1) is 12.4. The molecule has 0 N–H and O–H groups in total. The van der Waals surface area contributed by atoms with Crippen molar-refractivity contribution >= 4 is 5.78 Å². The van der Waals surface area contributed by atoms with Crippen molar-refractivity contribution < 1.29 is 14.3 Å². The summed E-state index contributed by atoms with van der Waals surface area (Å²) in [5, 5.41) is 11.4. The molecule has 94 valence electrons. The fraction of sp³-hybridized carbons (Fsp3) is 0.267. The molecule has 1 aromatic rings. The maximum Gasteiger partial charge on any atom is 0.351 e. The van der Waals surface area contributed by atoms with Crippen LogP contribution in [-0.2, 0) is 11.2 Å². The number of hydrogen-bond donors (Lipinski definition) is 0. The molecular weight excluding hydrogens is 228 g/mol. The SMILES string of the molecule is C=CCc1ccccc1C1=[O+]/C(=C(\[O-])OC)CC1. The molecule has 0 bridgehead atoms. The lowest BCUT2D eigenvalue weighted by Crippen LogP contribution is -2.07. The Labute approximate surface area is 107 Å². The number of hydrogen-bond acceptors (Lipinski definition) is 2. The largest absolute Gasteiger partial charge is 0.610 e. The Kier molecular flexibility index (Phi) is 3.82. The number of rotatable bonds is 4. The lowest BCUT2D eigenvalue weighted by molar-refractivity contribution is -0.373. The molecule has 3 heteroatoms. The van der Waals surface area contributed by atoms with E-state index in [1.807, 2.05) is 30.3 Å². The van der Waals surface area contributed by atoms with Gasteiger partial charge in [0.15, 0.2) is 5.95 Å². The van der Waals surface area contributed by atoms with Gasteiger partial charge in [-0.05, 0) is 25.2 Å². The quantitative estimate of drug-likeness (QED) is 0.462. The molecule has 0 saturated heterocycles. The van der Waals surface area contributed by atoms with Gasteiger partial charge in [-0.1, -0.05) is 24.3 Å². The molecule has 0 aliphatic carbocycles. The van der Waals surface area contributed by atoms with Crippen LogP contribution in [0.4, 0.5) is 0 Å². The highest BCUT2D eigenvalue weighted by Gasteiger charge is 2.30. The number of allylic oxidation sites excluding steroid dienone is 2. The van der Waals surface area contributed by atoms with Crippen molar-refractivity contribution in [3.63, 3.8) is 0 Å². The topological polar surface area (TPSA) is 43.6 Å². The van der Waals surface area contributed by atoms with Crippen LogP contribution in [0, 0.1) is 0 Å². The van der Waals surface area contributed by atoms with Crippen molar-refractivity contribution in [2.24, 2.45) is 0 Å². The third kappa shape index (κ3) is 2.45. The Morgan fingerprint density at radius 1 is 1.44 bits per heavy atom. The second-order valence-corrected chi connectivity index (χ2v) is 4.09. The van der Waals surface area contributed by atoms with Crippen LogP contribution in [0.25, 0.3) is 0 Å². The van der Waals surface area contributed by atoms with Gasteiger partial charge in [0, 0.05) is 0 Å². The van der Waals surface area contributed by atoms with Crippen molar-refractivity contribution in [2.45, 2.75) is 19.3 Å². The molecule has 2 rings (SSSR count). The van der Waals surface area contributed by atoms with Crippen molar-refractivity contribution in [1.29, 1.82) is 0 Å². The highest BCUT2D eigenvalue weighted by atomic mass is 16.6. The standard InChI is InChI=1S/C15H16O3/c1-3-6-11-7-4-5-8-12(11)13-9-10-14(18-13)15(16)17-2/h3-5,7-8H,1,6,9-10H2,2H3/b15-14+. The summed E-state index contributed by atoms with van der Waals surface area (Å²) >= 11 is 0. The van der Waals surface area contributed by atoms with Gasteiger partial charge in [0.2, 0.25) is 0 Å². The maximum absolute atomic E-state index is 11.4. The normalized spacial score (nSPS) is 17.3. The first-order valence-electron chi connectivity index (χ1n) is 5.93. The minimum absolute atomic E-state index is 0.383. The van der Waals surface area contributed by atoms with Crippen molar-refractivity contribution in [3.05, 3.63) is 59.8 Å². The van der Waals surface area contributed by atoms with Gasteiger partial charge in [-0.25, -0.2) is 4.42 Å². The average Bonchev–Trinajstić information content (AvgIpc) is 2.88. The average molecular weight is 244 g/mol. The summed E-state index contributed by atoms with van der Waals surface area (Å²) in [6.45, 7) is 3.75. The third-order valence-electron chi connectivity index (χ3n) is 2.92. The summed E-state index contributed by atoms with van der Waals surface area (Å²) in [5.74, 6) is 0.847. The van der Waals surface area contributed by atoms with E-state index in [0.29, 0.717) is 12.2 Å². The Morgan fingerprint density at radius 3 is 2.94 bits per heavy atom. The van der Waals surface area contributed by atoms with Gasteiger partial charge < -0.3 is 9.84 Å². The molecule has 0 unspecified atom stereocenters. The zero-order chi connectivity index (χ0) is 13.0. The van der Waals surface area contributed by atoms with Gasteiger partial charge in [0.25, 0.3) is 0 Å². The Morgan fingerprint density at radius 2 is 2.22 bits per heavy atom. The third-order valence-corrected chi connectivity index (χ3v) is 2.92. The molecule has 0 spiro atoms. The van der Waals surface area contributed by atoms with Crippen LogP contribution in [0.2, 0.25) is 0 Å². The van der Waals surface area contributed by atoms with Crippen LogP contribution in [0.1, 0.15) is 28.4 Å². The zero-order valence-electron chi connectivity index (χ0n) is 10.4. The van der Waals surface area contributed by atoms with E-state index >= 15 is 0 Å². The van der Waals surface area contributed by atoms with E-state index in [1.54, 1.807) is 0 Å². The number of ether oxygens (including phenoxy) is 1. The first-order chi connectivity index (χ1) is 8.76. The molecule has 0 fully saturated rings. The summed E-state index contributed by atoms with van der Waals surface area (Å²) in [4.78, 5) is 0.